The second-order valence-electron chi connectivity index (χ2n) is 8.03. The summed E-state index contributed by atoms with van der Waals surface area (Å²) in [6.45, 7) is 5.89. The Labute approximate surface area is 118 Å². The van der Waals surface area contributed by atoms with Gasteiger partial charge in [0, 0.05) is 12.6 Å². The summed E-state index contributed by atoms with van der Waals surface area (Å²) in [5.74, 6) is 0. The Bertz CT molecular complexity index is 306. The molecule has 2 saturated carbocycles. The molecule has 1 aliphatic heterocycles. The molecular weight excluding hydrogens is 234 g/mol. The smallest absolute Gasteiger partial charge is 0.0708 e. The highest BCUT2D eigenvalue weighted by atomic mass is 16.5. The van der Waals surface area contributed by atoms with E-state index in [9.17, 15) is 0 Å². The molecule has 0 amide bonds. The third kappa shape index (κ3) is 3.33. The van der Waals surface area contributed by atoms with Gasteiger partial charge in [-0.2, -0.15) is 0 Å². The van der Waals surface area contributed by atoms with Crippen molar-refractivity contribution in [2.45, 2.75) is 95.8 Å². The van der Waals surface area contributed by atoms with Gasteiger partial charge in [0.2, 0.25) is 0 Å². The van der Waals surface area contributed by atoms with Crippen LogP contribution in [0.5, 0.6) is 0 Å². The fourth-order valence-corrected chi connectivity index (χ4v) is 4.51. The molecule has 3 rings (SSSR count). The van der Waals surface area contributed by atoms with E-state index < -0.39 is 0 Å². The normalized spacial score (nSPS) is 36.9. The van der Waals surface area contributed by atoms with E-state index in [4.69, 9.17) is 4.74 Å². The van der Waals surface area contributed by atoms with Gasteiger partial charge in [-0.25, -0.2) is 0 Å². The quantitative estimate of drug-likeness (QED) is 0.831. The summed E-state index contributed by atoms with van der Waals surface area (Å²) < 4.78 is 6.44. The maximum Gasteiger partial charge on any atom is 0.0708 e. The lowest BCUT2D eigenvalue weighted by molar-refractivity contribution is -0.0629. The summed E-state index contributed by atoms with van der Waals surface area (Å²) in [6, 6.07) is 0.738. The molecule has 1 N–H and O–H groups in total. The molecule has 0 bridgehead atoms. The molecule has 2 heteroatoms. The fraction of sp³-hybridized carbons (Fsp3) is 1.00. The zero-order chi connectivity index (χ0) is 13.3. The van der Waals surface area contributed by atoms with Crippen molar-refractivity contribution in [3.63, 3.8) is 0 Å². The molecule has 2 atom stereocenters. The number of hydrogen-bond donors (Lipinski definition) is 1. The standard InChI is InChI=1S/C17H31NO/c1-16(2)10-6-14(12-16)18-13-15-7-11-17(19-15)8-4-3-5-9-17/h14-15,18H,3-13H2,1-2H3. The molecule has 0 aromatic carbocycles. The maximum atomic E-state index is 6.44. The summed E-state index contributed by atoms with van der Waals surface area (Å²) in [6.07, 6.45) is 14.0. The topological polar surface area (TPSA) is 21.3 Å². The van der Waals surface area contributed by atoms with Crippen LogP contribution in [0.15, 0.2) is 0 Å². The average molecular weight is 265 g/mol. The molecule has 3 fully saturated rings. The largest absolute Gasteiger partial charge is 0.370 e. The van der Waals surface area contributed by atoms with Crippen LogP contribution in [0.25, 0.3) is 0 Å². The molecule has 2 nitrogen and oxygen atoms in total. The van der Waals surface area contributed by atoms with Crippen LogP contribution in [-0.4, -0.2) is 24.3 Å². The van der Waals surface area contributed by atoms with E-state index >= 15 is 0 Å². The average Bonchev–Trinajstić information content (AvgIpc) is 2.92. The van der Waals surface area contributed by atoms with Crippen molar-refractivity contribution in [2.24, 2.45) is 5.41 Å². The predicted molar refractivity (Wildman–Crippen MR) is 79.3 cm³/mol. The maximum absolute atomic E-state index is 6.44. The summed E-state index contributed by atoms with van der Waals surface area (Å²) in [5, 5.41) is 3.78. The van der Waals surface area contributed by atoms with Gasteiger partial charge in [-0.1, -0.05) is 33.1 Å². The van der Waals surface area contributed by atoms with E-state index in [0.29, 0.717) is 17.1 Å². The van der Waals surface area contributed by atoms with Crippen molar-refractivity contribution in [3.05, 3.63) is 0 Å². The lowest BCUT2D eigenvalue weighted by atomic mass is 9.83. The molecule has 1 heterocycles. The molecule has 3 aliphatic rings. The molecule has 1 spiro atoms. The first-order chi connectivity index (χ1) is 9.07. The Morgan fingerprint density at radius 1 is 1.00 bits per heavy atom. The number of nitrogens with one attached hydrogen (secondary N) is 1. The minimum absolute atomic E-state index is 0.291. The minimum Gasteiger partial charge on any atom is -0.370 e. The van der Waals surface area contributed by atoms with Gasteiger partial charge >= 0.3 is 0 Å². The van der Waals surface area contributed by atoms with Crippen LogP contribution >= 0.6 is 0 Å². The van der Waals surface area contributed by atoms with E-state index in [1.54, 1.807) is 0 Å². The van der Waals surface area contributed by atoms with Crippen molar-refractivity contribution in [1.82, 2.24) is 5.32 Å². The van der Waals surface area contributed by atoms with Crippen molar-refractivity contribution < 1.29 is 4.74 Å². The molecule has 110 valence electrons. The SMILES string of the molecule is CC1(C)CCC(NCC2CCC3(CCCCC3)O2)C1. The highest BCUT2D eigenvalue weighted by Crippen LogP contribution is 2.42. The molecule has 0 radical (unpaired) electrons. The lowest BCUT2D eigenvalue weighted by Gasteiger charge is -2.33. The van der Waals surface area contributed by atoms with Crippen LogP contribution in [0, 0.1) is 5.41 Å². The Hall–Kier alpha value is -0.0800. The second kappa shape index (κ2) is 5.37. The summed E-state index contributed by atoms with van der Waals surface area (Å²) in [5.41, 5.74) is 0.846. The van der Waals surface area contributed by atoms with Crippen LogP contribution < -0.4 is 5.32 Å². The molecule has 0 aromatic heterocycles. The van der Waals surface area contributed by atoms with Gasteiger partial charge in [0.05, 0.1) is 11.7 Å². The van der Waals surface area contributed by atoms with Gasteiger partial charge in [-0.15, -0.1) is 0 Å². The summed E-state index contributed by atoms with van der Waals surface area (Å²) >= 11 is 0. The van der Waals surface area contributed by atoms with E-state index in [0.717, 1.165) is 12.6 Å². The van der Waals surface area contributed by atoms with E-state index in [1.165, 1.54) is 64.2 Å². The molecular formula is C17H31NO. The molecule has 19 heavy (non-hydrogen) atoms. The fourth-order valence-electron chi connectivity index (χ4n) is 4.51. The molecule has 0 aromatic rings. The van der Waals surface area contributed by atoms with Crippen molar-refractivity contribution in [1.29, 1.82) is 0 Å². The Morgan fingerprint density at radius 3 is 2.47 bits per heavy atom. The zero-order valence-electron chi connectivity index (χ0n) is 12.8. The third-order valence-corrected chi connectivity index (χ3v) is 5.71. The van der Waals surface area contributed by atoms with Crippen LogP contribution in [0.1, 0.15) is 78.1 Å². The molecule has 1 saturated heterocycles. The van der Waals surface area contributed by atoms with Gasteiger partial charge in [0.1, 0.15) is 0 Å². The zero-order valence-corrected chi connectivity index (χ0v) is 12.8. The monoisotopic (exact) mass is 265 g/mol. The van der Waals surface area contributed by atoms with Gasteiger partial charge in [-0.05, 0) is 50.4 Å². The van der Waals surface area contributed by atoms with Crippen LogP contribution in [-0.2, 0) is 4.74 Å². The van der Waals surface area contributed by atoms with Crippen molar-refractivity contribution in [2.75, 3.05) is 6.54 Å². The van der Waals surface area contributed by atoms with Crippen LogP contribution in [0.2, 0.25) is 0 Å². The molecule has 2 unspecified atom stereocenters. The lowest BCUT2D eigenvalue weighted by Crippen LogP contribution is -2.37. The highest BCUT2D eigenvalue weighted by Gasteiger charge is 2.41. The van der Waals surface area contributed by atoms with E-state index in [1.807, 2.05) is 0 Å². The van der Waals surface area contributed by atoms with Crippen LogP contribution in [0.4, 0.5) is 0 Å². The van der Waals surface area contributed by atoms with E-state index in [2.05, 4.69) is 19.2 Å². The van der Waals surface area contributed by atoms with Crippen molar-refractivity contribution >= 4 is 0 Å². The van der Waals surface area contributed by atoms with Crippen LogP contribution in [0.3, 0.4) is 0 Å². The Kier molecular flexibility index (Phi) is 3.92. The summed E-state index contributed by atoms with van der Waals surface area (Å²) in [7, 11) is 0. The van der Waals surface area contributed by atoms with Gasteiger partial charge < -0.3 is 10.1 Å². The second-order valence-corrected chi connectivity index (χ2v) is 8.03. The third-order valence-electron chi connectivity index (χ3n) is 5.71. The number of rotatable bonds is 3. The first-order valence-electron chi connectivity index (χ1n) is 8.48. The predicted octanol–water partition coefficient (Wildman–Crippen LogP) is 4.04. The molecule has 2 aliphatic carbocycles. The first kappa shape index (κ1) is 13.9. The number of ether oxygens (including phenoxy) is 1. The van der Waals surface area contributed by atoms with Gasteiger partial charge in [0.15, 0.2) is 0 Å². The highest BCUT2D eigenvalue weighted by molar-refractivity contribution is 4.93. The summed E-state index contributed by atoms with van der Waals surface area (Å²) in [4.78, 5) is 0. The van der Waals surface area contributed by atoms with Crippen molar-refractivity contribution in [3.8, 4) is 0 Å². The Morgan fingerprint density at radius 2 is 1.79 bits per heavy atom. The number of hydrogen-bond acceptors (Lipinski definition) is 2. The van der Waals surface area contributed by atoms with E-state index in [-0.39, 0.29) is 0 Å². The Balaban J connectivity index is 1.42. The first-order valence-corrected chi connectivity index (χ1v) is 8.48. The minimum atomic E-state index is 0.291. The van der Waals surface area contributed by atoms with Gasteiger partial charge in [-0.3, -0.25) is 0 Å². The van der Waals surface area contributed by atoms with Gasteiger partial charge in [0.25, 0.3) is 0 Å².